The summed E-state index contributed by atoms with van der Waals surface area (Å²) in [5, 5.41) is 6.97. The van der Waals surface area contributed by atoms with Crippen molar-refractivity contribution in [2.24, 2.45) is 10.9 Å². The van der Waals surface area contributed by atoms with Gasteiger partial charge in [0.05, 0.1) is 14.2 Å². The Labute approximate surface area is 182 Å². The van der Waals surface area contributed by atoms with Crippen molar-refractivity contribution < 1.29 is 14.2 Å². The molecule has 0 atom stereocenters. The van der Waals surface area contributed by atoms with Crippen LogP contribution in [0.15, 0.2) is 23.2 Å². The number of ether oxygens (including phenoxy) is 3. The monoisotopic (exact) mass is 420 g/mol. The summed E-state index contributed by atoms with van der Waals surface area (Å²) in [5.74, 6) is 3.13. The first-order chi connectivity index (χ1) is 14.5. The Morgan fingerprint density at radius 3 is 2.37 bits per heavy atom. The molecule has 0 bridgehead atoms. The summed E-state index contributed by atoms with van der Waals surface area (Å²) in [6.45, 7) is 11.6. The lowest BCUT2D eigenvalue weighted by atomic mass is 10.0. The maximum Gasteiger partial charge on any atom is 0.191 e. The minimum absolute atomic E-state index is 0.420. The molecule has 1 aromatic rings. The van der Waals surface area contributed by atoms with Gasteiger partial charge in [0.2, 0.25) is 0 Å². The molecule has 0 aromatic heterocycles. The van der Waals surface area contributed by atoms with E-state index in [2.05, 4.69) is 48.4 Å². The number of methoxy groups -OCH3 is 2. The standard InChI is InChI=1S/C23H40N4O3/c1-6-24-23(25-10-7-13-30-17-18(2)3)26-19-8-11-27(12-9-19)20-14-21(28-4)16-22(15-20)29-5/h14-16,18-19H,6-13,17H2,1-5H3,(H2,24,25,26). The zero-order chi connectivity index (χ0) is 21.8. The predicted octanol–water partition coefficient (Wildman–Crippen LogP) is 3.29. The SMILES string of the molecule is CCNC(=NCCCOCC(C)C)NC1CCN(c2cc(OC)cc(OC)c2)CC1. The molecule has 0 aliphatic carbocycles. The summed E-state index contributed by atoms with van der Waals surface area (Å²) in [5.41, 5.74) is 1.15. The molecule has 0 saturated carbocycles. The third kappa shape index (κ3) is 8.30. The minimum atomic E-state index is 0.420. The lowest BCUT2D eigenvalue weighted by Gasteiger charge is -2.34. The Hall–Kier alpha value is -2.15. The zero-order valence-electron chi connectivity index (χ0n) is 19.4. The van der Waals surface area contributed by atoms with Crippen LogP contribution in [0, 0.1) is 5.92 Å². The molecule has 0 unspecified atom stereocenters. The summed E-state index contributed by atoms with van der Waals surface area (Å²) in [6.07, 6.45) is 3.06. The highest BCUT2D eigenvalue weighted by Gasteiger charge is 2.21. The molecule has 1 saturated heterocycles. The van der Waals surface area contributed by atoms with Crippen LogP contribution in [-0.2, 0) is 4.74 Å². The van der Waals surface area contributed by atoms with Gasteiger partial charge in [-0.05, 0) is 32.1 Å². The average molecular weight is 421 g/mol. The van der Waals surface area contributed by atoms with Crippen LogP contribution in [0.1, 0.15) is 40.0 Å². The Bertz CT molecular complexity index is 621. The molecule has 0 radical (unpaired) electrons. The normalized spacial score (nSPS) is 15.4. The third-order valence-electron chi connectivity index (χ3n) is 5.05. The molecule has 0 spiro atoms. The van der Waals surface area contributed by atoms with Gasteiger partial charge in [0.1, 0.15) is 11.5 Å². The van der Waals surface area contributed by atoms with E-state index < -0.39 is 0 Å². The van der Waals surface area contributed by atoms with Crippen molar-refractivity contribution >= 4 is 11.6 Å². The van der Waals surface area contributed by atoms with E-state index in [1.165, 1.54) is 0 Å². The van der Waals surface area contributed by atoms with Crippen LogP contribution in [0.3, 0.4) is 0 Å². The molecular formula is C23H40N4O3. The van der Waals surface area contributed by atoms with E-state index in [0.29, 0.717) is 12.0 Å². The van der Waals surface area contributed by atoms with E-state index in [1.807, 2.05) is 6.07 Å². The fourth-order valence-electron chi connectivity index (χ4n) is 3.45. The van der Waals surface area contributed by atoms with Crippen molar-refractivity contribution in [3.05, 3.63) is 18.2 Å². The molecule has 2 N–H and O–H groups in total. The largest absolute Gasteiger partial charge is 0.497 e. The zero-order valence-corrected chi connectivity index (χ0v) is 19.4. The van der Waals surface area contributed by atoms with Gasteiger partial charge in [-0.3, -0.25) is 4.99 Å². The number of benzene rings is 1. The number of piperidine rings is 1. The lowest BCUT2D eigenvalue weighted by molar-refractivity contribution is 0.109. The van der Waals surface area contributed by atoms with Gasteiger partial charge in [-0.25, -0.2) is 0 Å². The molecule has 2 rings (SSSR count). The van der Waals surface area contributed by atoms with Gasteiger partial charge in [0.15, 0.2) is 5.96 Å². The molecule has 7 heteroatoms. The molecule has 0 amide bonds. The highest BCUT2D eigenvalue weighted by molar-refractivity contribution is 5.80. The molecule has 1 heterocycles. The molecule has 30 heavy (non-hydrogen) atoms. The Kier molecular flexibility index (Phi) is 10.6. The summed E-state index contributed by atoms with van der Waals surface area (Å²) < 4.78 is 16.5. The number of anilines is 1. The fourth-order valence-corrected chi connectivity index (χ4v) is 3.45. The maximum atomic E-state index is 5.64. The molecule has 7 nitrogen and oxygen atoms in total. The van der Waals surface area contributed by atoms with Crippen molar-refractivity contribution in [3.8, 4) is 11.5 Å². The number of guanidine groups is 1. The maximum absolute atomic E-state index is 5.64. The summed E-state index contributed by atoms with van der Waals surface area (Å²) >= 11 is 0. The Morgan fingerprint density at radius 1 is 1.13 bits per heavy atom. The van der Waals surface area contributed by atoms with E-state index in [4.69, 9.17) is 19.2 Å². The lowest BCUT2D eigenvalue weighted by Crippen LogP contribution is -2.48. The van der Waals surface area contributed by atoms with Gasteiger partial charge in [-0.2, -0.15) is 0 Å². The second kappa shape index (κ2) is 13.2. The van der Waals surface area contributed by atoms with Gasteiger partial charge in [-0.15, -0.1) is 0 Å². The Balaban J connectivity index is 1.82. The highest BCUT2D eigenvalue weighted by Crippen LogP contribution is 2.30. The van der Waals surface area contributed by atoms with Crippen molar-refractivity contribution in [2.45, 2.75) is 46.1 Å². The summed E-state index contributed by atoms with van der Waals surface area (Å²) in [4.78, 5) is 7.10. The molecule has 1 aromatic carbocycles. The second-order valence-corrected chi connectivity index (χ2v) is 8.06. The van der Waals surface area contributed by atoms with Crippen molar-refractivity contribution in [2.75, 3.05) is 58.5 Å². The molecular weight excluding hydrogens is 380 g/mol. The van der Waals surface area contributed by atoms with Crippen molar-refractivity contribution in [1.29, 1.82) is 0 Å². The minimum Gasteiger partial charge on any atom is -0.497 e. The number of hydrogen-bond acceptors (Lipinski definition) is 5. The average Bonchev–Trinajstić information content (AvgIpc) is 2.76. The smallest absolute Gasteiger partial charge is 0.191 e. The first kappa shape index (κ1) is 24.1. The number of aliphatic imine (C=N–C) groups is 1. The van der Waals surface area contributed by atoms with E-state index in [1.54, 1.807) is 14.2 Å². The first-order valence-electron chi connectivity index (χ1n) is 11.2. The molecule has 170 valence electrons. The van der Waals surface area contributed by atoms with Crippen LogP contribution in [-0.4, -0.2) is 65.6 Å². The number of nitrogens with zero attached hydrogens (tertiary/aromatic N) is 2. The van der Waals surface area contributed by atoms with Crippen LogP contribution in [0.4, 0.5) is 5.69 Å². The third-order valence-corrected chi connectivity index (χ3v) is 5.05. The van der Waals surface area contributed by atoms with E-state index in [9.17, 15) is 0 Å². The summed E-state index contributed by atoms with van der Waals surface area (Å²) in [6, 6.07) is 6.47. The number of hydrogen-bond donors (Lipinski definition) is 2. The topological polar surface area (TPSA) is 67.4 Å². The predicted molar refractivity (Wildman–Crippen MR) is 124 cm³/mol. The van der Waals surface area contributed by atoms with Crippen LogP contribution in [0.25, 0.3) is 0 Å². The quantitative estimate of drug-likeness (QED) is 0.325. The van der Waals surface area contributed by atoms with E-state index >= 15 is 0 Å². The number of rotatable bonds is 11. The Morgan fingerprint density at radius 2 is 1.80 bits per heavy atom. The molecule has 1 aliphatic rings. The molecule has 1 fully saturated rings. The number of nitrogens with one attached hydrogen (secondary N) is 2. The van der Waals surface area contributed by atoms with Crippen molar-refractivity contribution in [1.82, 2.24) is 10.6 Å². The van der Waals surface area contributed by atoms with Gasteiger partial charge < -0.3 is 29.7 Å². The molecule has 1 aliphatic heterocycles. The fraction of sp³-hybridized carbons (Fsp3) is 0.696. The van der Waals surface area contributed by atoms with Crippen LogP contribution >= 0.6 is 0 Å². The van der Waals surface area contributed by atoms with Crippen LogP contribution < -0.4 is 25.0 Å². The van der Waals surface area contributed by atoms with Gasteiger partial charge in [0.25, 0.3) is 0 Å². The summed E-state index contributed by atoms with van der Waals surface area (Å²) in [7, 11) is 3.37. The van der Waals surface area contributed by atoms with E-state index in [0.717, 1.165) is 81.8 Å². The van der Waals surface area contributed by atoms with Crippen LogP contribution in [0.2, 0.25) is 0 Å². The van der Waals surface area contributed by atoms with Gasteiger partial charge >= 0.3 is 0 Å². The van der Waals surface area contributed by atoms with Crippen LogP contribution in [0.5, 0.6) is 11.5 Å². The van der Waals surface area contributed by atoms with E-state index in [-0.39, 0.29) is 0 Å². The second-order valence-electron chi connectivity index (χ2n) is 8.06. The van der Waals surface area contributed by atoms with Gasteiger partial charge in [-0.1, -0.05) is 13.8 Å². The van der Waals surface area contributed by atoms with Gasteiger partial charge in [0, 0.05) is 69.3 Å². The van der Waals surface area contributed by atoms with Crippen molar-refractivity contribution in [3.63, 3.8) is 0 Å². The first-order valence-corrected chi connectivity index (χ1v) is 11.2. The highest BCUT2D eigenvalue weighted by atomic mass is 16.5.